The zero-order valence-corrected chi connectivity index (χ0v) is 13.6. The van der Waals surface area contributed by atoms with Gasteiger partial charge in [-0.25, -0.2) is 0 Å². The third-order valence-electron chi connectivity index (χ3n) is 3.80. The number of carbonyl (C=O) groups is 1. The van der Waals surface area contributed by atoms with Crippen LogP contribution in [0, 0.1) is 0 Å². The molecule has 116 valence electrons. The number of rotatable bonds is 3. The van der Waals surface area contributed by atoms with Gasteiger partial charge in [-0.2, -0.15) is 0 Å². The normalized spacial score (nSPS) is 10.7. The molecule has 0 bridgehead atoms. The Labute approximate surface area is 143 Å². The summed E-state index contributed by atoms with van der Waals surface area (Å²) >= 11 is 1.44. The molecule has 24 heavy (non-hydrogen) atoms. The Morgan fingerprint density at radius 2 is 1.75 bits per heavy atom. The van der Waals surface area contributed by atoms with Crippen LogP contribution in [-0.2, 0) is 0 Å². The average molecular weight is 330 g/mol. The number of pyridine rings is 1. The summed E-state index contributed by atoms with van der Waals surface area (Å²) in [5, 5.41) is 5.90. The first-order valence-electron chi connectivity index (χ1n) is 7.60. The van der Waals surface area contributed by atoms with Gasteiger partial charge in [0, 0.05) is 10.9 Å². The van der Waals surface area contributed by atoms with E-state index in [0.29, 0.717) is 10.6 Å². The molecule has 0 radical (unpaired) electrons. The second-order valence-corrected chi connectivity index (χ2v) is 6.32. The molecule has 1 N–H and O–H groups in total. The van der Waals surface area contributed by atoms with Gasteiger partial charge in [-0.15, -0.1) is 11.3 Å². The van der Waals surface area contributed by atoms with E-state index in [1.807, 2.05) is 72.1 Å². The first-order valence-corrected chi connectivity index (χ1v) is 8.48. The molecule has 0 aliphatic rings. The van der Waals surface area contributed by atoms with Crippen molar-refractivity contribution in [2.45, 2.75) is 0 Å². The fourth-order valence-corrected chi connectivity index (χ4v) is 3.47. The number of nitrogens with one attached hydrogen (secondary N) is 1. The predicted octanol–water partition coefficient (Wildman–Crippen LogP) is 5.22. The van der Waals surface area contributed by atoms with Crippen LogP contribution < -0.4 is 5.32 Å². The fourth-order valence-electron chi connectivity index (χ4n) is 2.66. The van der Waals surface area contributed by atoms with Crippen LogP contribution in [0.25, 0.3) is 22.0 Å². The molecule has 0 fully saturated rings. The van der Waals surface area contributed by atoms with Crippen molar-refractivity contribution < 1.29 is 4.79 Å². The molecule has 4 heteroatoms. The fraction of sp³-hybridized carbons (Fsp3) is 0. The second-order valence-electron chi connectivity index (χ2n) is 5.40. The van der Waals surface area contributed by atoms with Crippen LogP contribution in [0.4, 0.5) is 5.69 Å². The van der Waals surface area contributed by atoms with Crippen molar-refractivity contribution >= 4 is 33.8 Å². The maximum Gasteiger partial charge on any atom is 0.266 e. The Balaban J connectivity index is 1.64. The number of hydrogen-bond acceptors (Lipinski definition) is 3. The van der Waals surface area contributed by atoms with E-state index >= 15 is 0 Å². The van der Waals surface area contributed by atoms with Crippen molar-refractivity contribution in [2.75, 3.05) is 5.32 Å². The van der Waals surface area contributed by atoms with E-state index in [-0.39, 0.29) is 5.91 Å². The van der Waals surface area contributed by atoms with E-state index in [1.165, 1.54) is 11.3 Å². The van der Waals surface area contributed by atoms with Crippen molar-refractivity contribution in [3.63, 3.8) is 0 Å². The highest BCUT2D eigenvalue weighted by Crippen LogP contribution is 2.29. The molecule has 4 rings (SSSR count). The highest BCUT2D eigenvalue weighted by atomic mass is 32.1. The highest BCUT2D eigenvalue weighted by molar-refractivity contribution is 7.12. The second kappa shape index (κ2) is 6.26. The zero-order valence-electron chi connectivity index (χ0n) is 12.8. The summed E-state index contributed by atoms with van der Waals surface area (Å²) in [7, 11) is 0. The molecular formula is C20H14N2OS. The number of fused-ring (bicyclic) bond motifs is 1. The van der Waals surface area contributed by atoms with Crippen LogP contribution in [0.2, 0.25) is 0 Å². The summed E-state index contributed by atoms with van der Waals surface area (Å²) in [5.74, 6) is -0.110. The minimum absolute atomic E-state index is 0.110. The molecule has 0 atom stereocenters. The van der Waals surface area contributed by atoms with Gasteiger partial charge in [-0.1, -0.05) is 48.5 Å². The summed E-state index contributed by atoms with van der Waals surface area (Å²) in [4.78, 5) is 17.8. The Hall–Kier alpha value is -2.98. The zero-order chi connectivity index (χ0) is 16.4. The Kier molecular flexibility index (Phi) is 3.81. The van der Waals surface area contributed by atoms with Crippen molar-refractivity contribution in [1.29, 1.82) is 0 Å². The maximum atomic E-state index is 12.7. The molecule has 2 heterocycles. The Bertz CT molecular complexity index is 1010. The molecule has 0 unspecified atom stereocenters. The van der Waals surface area contributed by atoms with Crippen molar-refractivity contribution in [3.8, 4) is 11.1 Å². The van der Waals surface area contributed by atoms with Gasteiger partial charge >= 0.3 is 0 Å². The van der Waals surface area contributed by atoms with Gasteiger partial charge < -0.3 is 5.32 Å². The Morgan fingerprint density at radius 3 is 2.62 bits per heavy atom. The number of nitrogens with zero attached hydrogens (tertiary/aromatic N) is 1. The summed E-state index contributed by atoms with van der Waals surface area (Å²) in [5.41, 5.74) is 3.61. The van der Waals surface area contributed by atoms with E-state index in [4.69, 9.17) is 0 Å². The summed E-state index contributed by atoms with van der Waals surface area (Å²) in [6.07, 6.45) is 1.69. The lowest BCUT2D eigenvalue weighted by molar-refractivity contribution is 0.103. The number of hydrogen-bond donors (Lipinski definition) is 1. The summed E-state index contributed by atoms with van der Waals surface area (Å²) < 4.78 is 0. The average Bonchev–Trinajstić information content (AvgIpc) is 3.12. The van der Waals surface area contributed by atoms with Crippen LogP contribution in [-0.4, -0.2) is 10.9 Å². The van der Waals surface area contributed by atoms with Gasteiger partial charge in [0.15, 0.2) is 0 Å². The number of benzene rings is 2. The van der Waals surface area contributed by atoms with Crippen LogP contribution in [0.5, 0.6) is 0 Å². The third-order valence-corrected chi connectivity index (χ3v) is 4.72. The molecule has 0 saturated heterocycles. The number of anilines is 1. The van der Waals surface area contributed by atoms with Gasteiger partial charge in [-0.05, 0) is 29.1 Å². The van der Waals surface area contributed by atoms with Gasteiger partial charge in [-0.3, -0.25) is 9.78 Å². The first kappa shape index (κ1) is 14.6. The van der Waals surface area contributed by atoms with Crippen molar-refractivity contribution in [2.24, 2.45) is 0 Å². The maximum absolute atomic E-state index is 12.7. The molecule has 2 aromatic heterocycles. The number of aromatic nitrogens is 1. The van der Waals surface area contributed by atoms with Gasteiger partial charge in [0.2, 0.25) is 0 Å². The lowest BCUT2D eigenvalue weighted by Crippen LogP contribution is -2.11. The molecule has 4 aromatic rings. The van der Waals surface area contributed by atoms with E-state index < -0.39 is 0 Å². The number of thiophene rings is 1. The summed E-state index contributed by atoms with van der Waals surface area (Å²) in [6.45, 7) is 0. The number of carbonyl (C=O) groups excluding carboxylic acids is 1. The molecule has 0 aliphatic heterocycles. The first-order chi connectivity index (χ1) is 11.8. The summed E-state index contributed by atoms with van der Waals surface area (Å²) in [6, 6.07) is 21.7. The topological polar surface area (TPSA) is 42.0 Å². The molecule has 2 aromatic carbocycles. The van der Waals surface area contributed by atoms with Crippen LogP contribution >= 0.6 is 11.3 Å². The Morgan fingerprint density at radius 1 is 0.958 bits per heavy atom. The smallest absolute Gasteiger partial charge is 0.266 e. The molecule has 0 spiro atoms. The number of para-hydroxylation sites is 1. The van der Waals surface area contributed by atoms with E-state index in [2.05, 4.69) is 10.3 Å². The molecule has 3 nitrogen and oxygen atoms in total. The molecule has 0 saturated carbocycles. The standard InChI is InChI=1S/C20H14N2OS/c23-20(19-17(10-11-24-19)14-6-2-1-3-7-14)22-16-12-15-8-4-5-9-18(15)21-13-16/h1-13H,(H,22,23). The lowest BCUT2D eigenvalue weighted by atomic mass is 10.1. The van der Waals surface area contributed by atoms with E-state index in [9.17, 15) is 4.79 Å². The monoisotopic (exact) mass is 330 g/mol. The molecule has 1 amide bonds. The molecule has 0 aliphatic carbocycles. The third kappa shape index (κ3) is 2.79. The van der Waals surface area contributed by atoms with Gasteiger partial charge in [0.05, 0.1) is 22.3 Å². The predicted molar refractivity (Wildman–Crippen MR) is 99.5 cm³/mol. The van der Waals surface area contributed by atoms with Crippen LogP contribution in [0.3, 0.4) is 0 Å². The van der Waals surface area contributed by atoms with Gasteiger partial charge in [0.25, 0.3) is 5.91 Å². The minimum atomic E-state index is -0.110. The van der Waals surface area contributed by atoms with Crippen LogP contribution in [0.1, 0.15) is 9.67 Å². The SMILES string of the molecule is O=C(Nc1cnc2ccccc2c1)c1sccc1-c1ccccc1. The quantitative estimate of drug-likeness (QED) is 0.560. The van der Waals surface area contributed by atoms with Crippen LogP contribution in [0.15, 0.2) is 78.3 Å². The van der Waals surface area contributed by atoms with Gasteiger partial charge in [0.1, 0.15) is 0 Å². The van der Waals surface area contributed by atoms with E-state index in [1.54, 1.807) is 6.20 Å². The largest absolute Gasteiger partial charge is 0.320 e. The highest BCUT2D eigenvalue weighted by Gasteiger charge is 2.15. The minimum Gasteiger partial charge on any atom is -0.320 e. The lowest BCUT2D eigenvalue weighted by Gasteiger charge is -2.07. The molecular weight excluding hydrogens is 316 g/mol. The van der Waals surface area contributed by atoms with Crippen molar-refractivity contribution in [3.05, 3.63) is 83.2 Å². The van der Waals surface area contributed by atoms with E-state index in [0.717, 1.165) is 22.0 Å². The number of amides is 1. The van der Waals surface area contributed by atoms with Crippen molar-refractivity contribution in [1.82, 2.24) is 4.98 Å².